The first-order valence-corrected chi connectivity index (χ1v) is 8.35. The topological polar surface area (TPSA) is 97.0 Å². The maximum absolute atomic E-state index is 9.42. The molecule has 4 rings (SSSR count). The molecule has 2 heterocycles. The molecule has 1 fully saturated rings. The first-order chi connectivity index (χ1) is 12.3. The van der Waals surface area contributed by atoms with Gasteiger partial charge in [0, 0.05) is 24.1 Å². The van der Waals surface area contributed by atoms with E-state index in [2.05, 4.69) is 25.4 Å². The molecular formula is C18H19N5O2. The van der Waals surface area contributed by atoms with Crippen molar-refractivity contribution in [1.29, 1.82) is 0 Å². The molecule has 7 nitrogen and oxygen atoms in total. The molecule has 0 saturated heterocycles. The number of aliphatic hydroxyl groups is 1. The van der Waals surface area contributed by atoms with Gasteiger partial charge in [0.25, 0.3) is 0 Å². The summed E-state index contributed by atoms with van der Waals surface area (Å²) in [4.78, 5) is 12.9. The Labute approximate surface area is 145 Å². The van der Waals surface area contributed by atoms with E-state index in [0.717, 1.165) is 24.1 Å². The quantitative estimate of drug-likeness (QED) is 0.712. The van der Waals surface area contributed by atoms with Crippen LogP contribution in [0.4, 0.5) is 5.82 Å². The van der Waals surface area contributed by atoms with Crippen molar-refractivity contribution in [3.63, 3.8) is 0 Å². The smallest absolute Gasteiger partial charge is 0.245 e. The number of rotatable bonds is 6. The van der Waals surface area contributed by atoms with Gasteiger partial charge in [-0.1, -0.05) is 35.5 Å². The highest BCUT2D eigenvalue weighted by Gasteiger charge is 2.29. The first kappa shape index (κ1) is 15.7. The minimum Gasteiger partial charge on any atom is -0.393 e. The number of aromatic nitrogens is 4. The molecule has 3 aromatic rings. The summed E-state index contributed by atoms with van der Waals surface area (Å²) in [5.74, 6) is 2.22. The van der Waals surface area contributed by atoms with Crippen molar-refractivity contribution in [3.05, 3.63) is 65.7 Å². The average Bonchev–Trinajstić information content (AvgIpc) is 3.06. The number of hydrogen-bond acceptors (Lipinski definition) is 7. The van der Waals surface area contributed by atoms with Gasteiger partial charge in [-0.2, -0.15) is 4.98 Å². The summed E-state index contributed by atoms with van der Waals surface area (Å²) in [6.07, 6.45) is 3.52. The predicted molar refractivity (Wildman–Crippen MR) is 90.9 cm³/mol. The Balaban J connectivity index is 1.35. The second-order valence-electron chi connectivity index (χ2n) is 6.27. The molecule has 0 aliphatic heterocycles. The number of nitrogens with zero attached hydrogens (tertiary/aromatic N) is 4. The highest BCUT2D eigenvalue weighted by Crippen LogP contribution is 2.35. The fourth-order valence-corrected chi connectivity index (χ4v) is 2.90. The predicted octanol–water partition coefficient (Wildman–Crippen LogP) is 2.30. The first-order valence-electron chi connectivity index (χ1n) is 8.35. The summed E-state index contributed by atoms with van der Waals surface area (Å²) in [5.41, 5.74) is 2.10. The molecule has 1 aromatic carbocycles. The van der Waals surface area contributed by atoms with Crippen LogP contribution in [-0.2, 0) is 13.0 Å². The molecule has 1 saturated carbocycles. The number of aliphatic hydroxyl groups excluding tert-OH is 1. The second kappa shape index (κ2) is 6.98. The van der Waals surface area contributed by atoms with Gasteiger partial charge in [-0.3, -0.25) is 0 Å². The Bertz CT molecular complexity index is 830. The van der Waals surface area contributed by atoms with Crippen LogP contribution in [0, 0.1) is 0 Å². The molecule has 0 atom stereocenters. The van der Waals surface area contributed by atoms with E-state index in [1.54, 1.807) is 0 Å². The summed E-state index contributed by atoms with van der Waals surface area (Å²) < 4.78 is 5.28. The Morgan fingerprint density at radius 3 is 2.80 bits per heavy atom. The molecule has 2 aromatic heterocycles. The lowest BCUT2D eigenvalue weighted by Gasteiger charge is -2.30. The van der Waals surface area contributed by atoms with Gasteiger partial charge in [-0.25, -0.2) is 9.97 Å². The zero-order chi connectivity index (χ0) is 17.1. The van der Waals surface area contributed by atoms with E-state index in [1.165, 1.54) is 6.33 Å². The summed E-state index contributed by atoms with van der Waals surface area (Å²) in [7, 11) is 0. The van der Waals surface area contributed by atoms with Crippen molar-refractivity contribution >= 4 is 5.82 Å². The van der Waals surface area contributed by atoms with Crippen LogP contribution < -0.4 is 5.32 Å². The molecule has 1 aliphatic rings. The van der Waals surface area contributed by atoms with Gasteiger partial charge in [0.15, 0.2) is 5.82 Å². The fraction of sp³-hybridized carbons (Fsp3) is 0.333. The Morgan fingerprint density at radius 1 is 1.16 bits per heavy atom. The molecule has 1 aliphatic carbocycles. The fourth-order valence-electron chi connectivity index (χ4n) is 2.90. The van der Waals surface area contributed by atoms with Gasteiger partial charge < -0.3 is 14.9 Å². The molecule has 0 amide bonds. The van der Waals surface area contributed by atoms with Crippen LogP contribution in [0.2, 0.25) is 0 Å². The minimum absolute atomic E-state index is 0.196. The molecule has 0 radical (unpaired) electrons. The lowest BCUT2D eigenvalue weighted by Crippen LogP contribution is -2.27. The van der Waals surface area contributed by atoms with Gasteiger partial charge in [0.05, 0.1) is 12.6 Å². The molecule has 0 spiro atoms. The Hall–Kier alpha value is -2.80. The standard InChI is InChI=1S/C18H19N5O2/c24-14-7-13(8-14)15-9-16(21-11-20-15)19-10-18-22-17(23-25-18)6-12-4-2-1-3-5-12/h1-5,9,11,13-14,24H,6-8,10H2,(H,19,20,21). The number of anilines is 1. The van der Waals surface area contributed by atoms with Crippen LogP contribution in [-0.4, -0.2) is 31.3 Å². The van der Waals surface area contributed by atoms with Crippen LogP contribution >= 0.6 is 0 Å². The second-order valence-corrected chi connectivity index (χ2v) is 6.27. The van der Waals surface area contributed by atoms with Crippen LogP contribution in [0.5, 0.6) is 0 Å². The third-order valence-corrected chi connectivity index (χ3v) is 4.36. The van der Waals surface area contributed by atoms with Gasteiger partial charge in [0.1, 0.15) is 12.1 Å². The SMILES string of the molecule is OC1CC(c2cc(NCc3nc(Cc4ccccc4)no3)ncn2)C1. The number of hydrogen-bond donors (Lipinski definition) is 2. The molecule has 7 heteroatoms. The van der Waals surface area contributed by atoms with E-state index in [4.69, 9.17) is 4.52 Å². The minimum atomic E-state index is -0.196. The largest absolute Gasteiger partial charge is 0.393 e. The van der Waals surface area contributed by atoms with E-state index < -0.39 is 0 Å². The maximum Gasteiger partial charge on any atom is 0.245 e. The zero-order valence-electron chi connectivity index (χ0n) is 13.7. The van der Waals surface area contributed by atoms with Gasteiger partial charge in [-0.15, -0.1) is 0 Å². The van der Waals surface area contributed by atoms with Crippen LogP contribution in [0.1, 0.15) is 41.7 Å². The highest BCUT2D eigenvalue weighted by molar-refractivity contribution is 5.36. The zero-order valence-corrected chi connectivity index (χ0v) is 13.7. The van der Waals surface area contributed by atoms with Crippen LogP contribution in [0.25, 0.3) is 0 Å². The number of nitrogens with one attached hydrogen (secondary N) is 1. The molecule has 2 N–H and O–H groups in total. The number of benzene rings is 1. The van der Waals surface area contributed by atoms with Crippen molar-refractivity contribution < 1.29 is 9.63 Å². The van der Waals surface area contributed by atoms with E-state index in [9.17, 15) is 5.11 Å². The average molecular weight is 337 g/mol. The molecule has 128 valence electrons. The summed E-state index contributed by atoms with van der Waals surface area (Å²) in [6.45, 7) is 0.408. The molecule has 0 unspecified atom stereocenters. The van der Waals surface area contributed by atoms with Crippen molar-refractivity contribution in [1.82, 2.24) is 20.1 Å². The van der Waals surface area contributed by atoms with Gasteiger partial charge >= 0.3 is 0 Å². The third kappa shape index (κ3) is 3.83. The van der Waals surface area contributed by atoms with E-state index in [1.807, 2.05) is 36.4 Å². The summed E-state index contributed by atoms with van der Waals surface area (Å²) in [5, 5.41) is 16.6. The third-order valence-electron chi connectivity index (χ3n) is 4.36. The molecule has 0 bridgehead atoms. The summed E-state index contributed by atoms with van der Waals surface area (Å²) >= 11 is 0. The van der Waals surface area contributed by atoms with Crippen molar-refractivity contribution in [2.75, 3.05) is 5.32 Å². The van der Waals surface area contributed by atoms with Gasteiger partial charge in [-0.05, 0) is 18.4 Å². The van der Waals surface area contributed by atoms with Crippen molar-refractivity contribution in [2.24, 2.45) is 0 Å². The van der Waals surface area contributed by atoms with Gasteiger partial charge in [0.2, 0.25) is 5.89 Å². The lowest BCUT2D eigenvalue weighted by atomic mass is 9.80. The van der Waals surface area contributed by atoms with E-state index >= 15 is 0 Å². The Morgan fingerprint density at radius 2 is 2.00 bits per heavy atom. The molecular weight excluding hydrogens is 318 g/mol. The summed E-state index contributed by atoms with van der Waals surface area (Å²) in [6, 6.07) is 12.0. The monoisotopic (exact) mass is 337 g/mol. The Kier molecular flexibility index (Phi) is 4.39. The molecule has 25 heavy (non-hydrogen) atoms. The lowest BCUT2D eigenvalue weighted by molar-refractivity contribution is 0.0732. The van der Waals surface area contributed by atoms with Crippen molar-refractivity contribution in [2.45, 2.75) is 37.8 Å². The van der Waals surface area contributed by atoms with Crippen LogP contribution in [0.15, 0.2) is 47.2 Å². The van der Waals surface area contributed by atoms with E-state index in [0.29, 0.717) is 36.4 Å². The highest BCUT2D eigenvalue weighted by atomic mass is 16.5. The van der Waals surface area contributed by atoms with Crippen molar-refractivity contribution in [3.8, 4) is 0 Å². The van der Waals surface area contributed by atoms with Crippen LogP contribution in [0.3, 0.4) is 0 Å². The normalized spacial score (nSPS) is 19.4. The van der Waals surface area contributed by atoms with E-state index in [-0.39, 0.29) is 6.10 Å². The maximum atomic E-state index is 9.42.